The highest BCUT2D eigenvalue weighted by molar-refractivity contribution is 7.12. The number of amides is 2. The molecule has 1 atom stereocenters. The second-order valence-corrected chi connectivity index (χ2v) is 7.39. The normalized spacial score (nSPS) is 11.5. The fourth-order valence-electron chi connectivity index (χ4n) is 2.81. The molecule has 0 fully saturated rings. The number of carbonyl (C=O) groups excluding carboxylic acids is 2. The first-order chi connectivity index (χ1) is 13.9. The van der Waals surface area contributed by atoms with Crippen LogP contribution in [0.1, 0.15) is 20.8 Å². The number of hydrogen-bond donors (Lipinski definition) is 2. The zero-order valence-electron chi connectivity index (χ0n) is 15.6. The van der Waals surface area contributed by atoms with Crippen LogP contribution in [0.5, 0.6) is 0 Å². The number of benzene rings is 2. The van der Waals surface area contributed by atoms with E-state index >= 15 is 0 Å². The average Bonchev–Trinajstić information content (AvgIpc) is 3.24. The molecule has 0 spiro atoms. The van der Waals surface area contributed by atoms with Crippen LogP contribution in [0.4, 0.5) is 11.4 Å². The van der Waals surface area contributed by atoms with Gasteiger partial charge in [-0.15, -0.1) is 11.3 Å². The molecular formula is C21H19N3O4S. The average molecular weight is 409 g/mol. The summed E-state index contributed by atoms with van der Waals surface area (Å²) in [7, 11) is 0. The van der Waals surface area contributed by atoms with E-state index in [0.717, 1.165) is 5.56 Å². The lowest BCUT2D eigenvalue weighted by atomic mass is 10.0. The summed E-state index contributed by atoms with van der Waals surface area (Å²) < 4.78 is 0. The molecule has 0 aliphatic carbocycles. The second kappa shape index (κ2) is 9.11. The zero-order chi connectivity index (χ0) is 20.8. The molecule has 0 bridgehead atoms. The van der Waals surface area contributed by atoms with Gasteiger partial charge in [-0.2, -0.15) is 0 Å². The van der Waals surface area contributed by atoms with Crippen LogP contribution < -0.4 is 10.6 Å². The minimum atomic E-state index is -0.840. The van der Waals surface area contributed by atoms with Crippen LogP contribution in [-0.4, -0.2) is 22.8 Å². The van der Waals surface area contributed by atoms with Crippen molar-refractivity contribution in [2.75, 3.05) is 5.32 Å². The van der Waals surface area contributed by atoms with Crippen molar-refractivity contribution >= 4 is 34.5 Å². The fraction of sp³-hybridized carbons (Fsp3) is 0.143. The molecule has 1 unspecified atom stereocenters. The van der Waals surface area contributed by atoms with E-state index in [1.807, 2.05) is 30.3 Å². The predicted molar refractivity (Wildman–Crippen MR) is 112 cm³/mol. The van der Waals surface area contributed by atoms with Gasteiger partial charge in [0.1, 0.15) is 6.04 Å². The fourth-order valence-corrected chi connectivity index (χ4v) is 3.44. The van der Waals surface area contributed by atoms with Gasteiger partial charge >= 0.3 is 0 Å². The standard InChI is InChI=1S/C21H19N3O4S/c1-14-9-10-16(13-18(14)24(27)28)22-20(25)17(12-15-6-3-2-4-7-15)23-21(26)19-8-5-11-29-19/h2-11,13,17H,12H2,1H3,(H,22,25)(H,23,26). The van der Waals surface area contributed by atoms with E-state index < -0.39 is 16.9 Å². The van der Waals surface area contributed by atoms with Gasteiger partial charge in [-0.1, -0.05) is 42.5 Å². The summed E-state index contributed by atoms with van der Waals surface area (Å²) in [5.41, 5.74) is 1.61. The largest absolute Gasteiger partial charge is 0.339 e. The summed E-state index contributed by atoms with van der Waals surface area (Å²) in [5, 5.41) is 18.4. The van der Waals surface area contributed by atoms with Gasteiger partial charge in [0, 0.05) is 23.7 Å². The minimum absolute atomic E-state index is 0.0787. The van der Waals surface area contributed by atoms with Crippen LogP contribution in [0.3, 0.4) is 0 Å². The van der Waals surface area contributed by atoms with Gasteiger partial charge < -0.3 is 10.6 Å². The van der Waals surface area contributed by atoms with E-state index in [4.69, 9.17) is 0 Å². The highest BCUT2D eigenvalue weighted by atomic mass is 32.1. The molecule has 2 aromatic carbocycles. The molecule has 8 heteroatoms. The maximum atomic E-state index is 12.9. The van der Waals surface area contributed by atoms with Crippen LogP contribution in [-0.2, 0) is 11.2 Å². The first-order valence-corrected chi connectivity index (χ1v) is 9.76. The van der Waals surface area contributed by atoms with Gasteiger partial charge in [0.15, 0.2) is 0 Å². The Hall–Kier alpha value is -3.52. The van der Waals surface area contributed by atoms with Crippen molar-refractivity contribution in [1.82, 2.24) is 5.32 Å². The van der Waals surface area contributed by atoms with Crippen molar-refractivity contribution in [3.8, 4) is 0 Å². The zero-order valence-corrected chi connectivity index (χ0v) is 16.4. The molecule has 0 aliphatic heterocycles. The van der Waals surface area contributed by atoms with Crippen molar-refractivity contribution in [3.05, 3.63) is 92.2 Å². The van der Waals surface area contributed by atoms with Gasteiger partial charge in [-0.05, 0) is 30.0 Å². The van der Waals surface area contributed by atoms with Gasteiger partial charge in [0.05, 0.1) is 9.80 Å². The number of anilines is 1. The van der Waals surface area contributed by atoms with Crippen LogP contribution in [0.25, 0.3) is 0 Å². The molecule has 29 heavy (non-hydrogen) atoms. The monoisotopic (exact) mass is 409 g/mol. The Balaban J connectivity index is 1.80. The molecule has 3 rings (SSSR count). The third-order valence-electron chi connectivity index (χ3n) is 4.32. The van der Waals surface area contributed by atoms with Crippen LogP contribution in [0.15, 0.2) is 66.0 Å². The Labute approximate surface area is 171 Å². The highest BCUT2D eigenvalue weighted by Gasteiger charge is 2.23. The molecule has 0 saturated heterocycles. The Morgan fingerprint density at radius 2 is 1.86 bits per heavy atom. The van der Waals surface area contributed by atoms with Crippen LogP contribution in [0, 0.1) is 17.0 Å². The molecule has 148 valence electrons. The summed E-state index contributed by atoms with van der Waals surface area (Å²) in [6.45, 7) is 1.63. The summed E-state index contributed by atoms with van der Waals surface area (Å²) in [6, 6.07) is 16.4. The maximum Gasteiger partial charge on any atom is 0.274 e. The number of thiophene rings is 1. The Morgan fingerprint density at radius 1 is 1.10 bits per heavy atom. The van der Waals surface area contributed by atoms with Crippen molar-refractivity contribution < 1.29 is 14.5 Å². The molecule has 7 nitrogen and oxygen atoms in total. The maximum absolute atomic E-state index is 12.9. The molecule has 0 radical (unpaired) electrons. The summed E-state index contributed by atoms with van der Waals surface area (Å²) in [6.07, 6.45) is 0.289. The molecule has 1 aromatic heterocycles. The number of nitro benzene ring substituents is 1. The smallest absolute Gasteiger partial charge is 0.274 e. The summed E-state index contributed by atoms with van der Waals surface area (Å²) in [5.74, 6) is -0.789. The third kappa shape index (κ3) is 5.26. The molecule has 0 aliphatic rings. The number of rotatable bonds is 7. The third-order valence-corrected chi connectivity index (χ3v) is 5.19. The van der Waals surface area contributed by atoms with Gasteiger partial charge in [0.2, 0.25) is 5.91 Å². The number of nitrogens with one attached hydrogen (secondary N) is 2. The SMILES string of the molecule is Cc1ccc(NC(=O)C(Cc2ccccc2)NC(=O)c2cccs2)cc1[N+](=O)[O-]. The minimum Gasteiger partial charge on any atom is -0.339 e. The Morgan fingerprint density at radius 3 is 2.52 bits per heavy atom. The highest BCUT2D eigenvalue weighted by Crippen LogP contribution is 2.22. The topological polar surface area (TPSA) is 101 Å². The van der Waals surface area contributed by atoms with Crippen molar-refractivity contribution in [1.29, 1.82) is 0 Å². The van der Waals surface area contributed by atoms with E-state index in [1.165, 1.54) is 17.4 Å². The molecule has 0 saturated carbocycles. The van der Waals surface area contributed by atoms with Crippen molar-refractivity contribution in [2.24, 2.45) is 0 Å². The summed E-state index contributed by atoms with van der Waals surface area (Å²) in [4.78, 5) is 36.5. The van der Waals surface area contributed by atoms with E-state index in [0.29, 0.717) is 16.1 Å². The van der Waals surface area contributed by atoms with Crippen LogP contribution in [0.2, 0.25) is 0 Å². The van der Waals surface area contributed by atoms with E-state index in [-0.39, 0.29) is 18.0 Å². The number of aryl methyl sites for hydroxylation is 1. The lowest BCUT2D eigenvalue weighted by molar-refractivity contribution is -0.385. The van der Waals surface area contributed by atoms with E-state index in [9.17, 15) is 19.7 Å². The quantitative estimate of drug-likeness (QED) is 0.456. The van der Waals surface area contributed by atoms with Crippen molar-refractivity contribution in [3.63, 3.8) is 0 Å². The van der Waals surface area contributed by atoms with Gasteiger partial charge in [-0.3, -0.25) is 19.7 Å². The Bertz CT molecular complexity index is 1020. The Kier molecular flexibility index (Phi) is 6.36. The van der Waals surface area contributed by atoms with Crippen LogP contribution >= 0.6 is 11.3 Å². The van der Waals surface area contributed by atoms with E-state index in [2.05, 4.69) is 10.6 Å². The predicted octanol–water partition coefficient (Wildman–Crippen LogP) is 3.94. The first-order valence-electron chi connectivity index (χ1n) is 8.88. The summed E-state index contributed by atoms with van der Waals surface area (Å²) >= 11 is 1.28. The lowest BCUT2D eigenvalue weighted by Crippen LogP contribution is -2.45. The number of hydrogen-bond acceptors (Lipinski definition) is 5. The van der Waals surface area contributed by atoms with Crippen molar-refractivity contribution in [2.45, 2.75) is 19.4 Å². The molecule has 3 aromatic rings. The number of nitrogens with zero attached hydrogens (tertiary/aromatic N) is 1. The van der Waals surface area contributed by atoms with Gasteiger partial charge in [-0.25, -0.2) is 0 Å². The van der Waals surface area contributed by atoms with Gasteiger partial charge in [0.25, 0.3) is 11.6 Å². The first kappa shape index (κ1) is 20.2. The molecule has 1 heterocycles. The number of carbonyl (C=O) groups is 2. The molecule has 2 N–H and O–H groups in total. The number of nitro groups is 1. The molecule has 2 amide bonds. The molecular weight excluding hydrogens is 390 g/mol. The van der Waals surface area contributed by atoms with E-state index in [1.54, 1.807) is 36.6 Å². The second-order valence-electron chi connectivity index (χ2n) is 6.44. The lowest BCUT2D eigenvalue weighted by Gasteiger charge is -2.18.